The number of furan rings is 1. The second-order valence-corrected chi connectivity index (χ2v) is 17.0. The molecule has 0 saturated heterocycles. The normalized spacial score (nSPS) is 11.3. The van der Waals surface area contributed by atoms with Gasteiger partial charge in [-0.25, -0.2) is 0 Å². The van der Waals surface area contributed by atoms with Gasteiger partial charge in [0.2, 0.25) is 0 Å². The summed E-state index contributed by atoms with van der Waals surface area (Å²) in [6.07, 6.45) is 8.12. The Morgan fingerprint density at radius 2 is 0.841 bits per heavy atom. The van der Waals surface area contributed by atoms with E-state index < -0.39 is 0 Å². The van der Waals surface area contributed by atoms with E-state index in [9.17, 15) is 0 Å². The van der Waals surface area contributed by atoms with Crippen LogP contribution in [0.15, 0.2) is 227 Å². The molecular weight excluding hydrogens is 839 g/mol. The monoisotopic (exact) mass is 891 g/mol. The minimum atomic E-state index is 0.693. The van der Waals surface area contributed by atoms with Gasteiger partial charge in [-0.15, -0.1) is 0 Å². The summed E-state index contributed by atoms with van der Waals surface area (Å²) in [6.45, 7) is 14.9. The predicted molar refractivity (Wildman–Crippen MR) is 301 cm³/mol. The Morgan fingerprint density at radius 1 is 0.420 bits per heavy atom. The smallest absolute Gasteiger partial charge is 0.136 e. The Labute approximate surface area is 403 Å². The molecule has 1 N–H and O–H groups in total. The van der Waals surface area contributed by atoms with Crippen LogP contribution in [0.3, 0.4) is 0 Å². The van der Waals surface area contributed by atoms with Gasteiger partial charge in [0.15, 0.2) is 0 Å². The molecule has 69 heavy (non-hydrogen) atoms. The number of nitrogens with one attached hydrogen (secondary N) is 1. The minimum absolute atomic E-state index is 0.693. The van der Waals surface area contributed by atoms with E-state index in [1.807, 2.05) is 55.5 Å². The predicted octanol–water partition coefficient (Wildman–Crippen LogP) is 18.1. The summed E-state index contributed by atoms with van der Waals surface area (Å²) < 4.78 is 6.27. The number of nitrogens with zero attached hydrogens (tertiary/aromatic N) is 2. The van der Waals surface area contributed by atoms with Crippen molar-refractivity contribution in [2.24, 2.45) is 9.98 Å². The van der Waals surface area contributed by atoms with Crippen molar-refractivity contribution in [1.29, 1.82) is 5.41 Å². The van der Waals surface area contributed by atoms with E-state index in [4.69, 9.17) is 9.83 Å². The van der Waals surface area contributed by atoms with Gasteiger partial charge in [0.25, 0.3) is 0 Å². The molecule has 0 radical (unpaired) electrons. The van der Waals surface area contributed by atoms with Gasteiger partial charge in [-0.3, -0.25) is 9.98 Å². The fourth-order valence-corrected chi connectivity index (χ4v) is 9.41. The van der Waals surface area contributed by atoms with E-state index in [1.165, 1.54) is 109 Å². The molecule has 1 heterocycles. The van der Waals surface area contributed by atoms with Crippen LogP contribution in [0.5, 0.6) is 0 Å². The molecule has 0 bridgehead atoms. The number of aliphatic imine (C=N–C) groups is 2. The second kappa shape index (κ2) is 20.8. The van der Waals surface area contributed by atoms with E-state index in [0.717, 1.165) is 17.7 Å². The van der Waals surface area contributed by atoms with E-state index in [0.29, 0.717) is 6.54 Å². The minimum Gasteiger partial charge on any atom is -0.456 e. The largest absolute Gasteiger partial charge is 0.456 e. The van der Waals surface area contributed by atoms with Crippen LogP contribution in [0.2, 0.25) is 0 Å². The van der Waals surface area contributed by atoms with E-state index in [-0.39, 0.29) is 0 Å². The van der Waals surface area contributed by atoms with Gasteiger partial charge >= 0.3 is 0 Å². The summed E-state index contributed by atoms with van der Waals surface area (Å²) in [5.74, 6) is 0. The van der Waals surface area contributed by atoms with Crippen LogP contribution in [0.4, 0.5) is 0 Å². The number of benzene rings is 11. The molecular formula is C65H53N3O. The van der Waals surface area contributed by atoms with Gasteiger partial charge in [-0.05, 0) is 157 Å². The van der Waals surface area contributed by atoms with Crippen molar-refractivity contribution in [3.8, 4) is 22.3 Å². The molecule has 12 rings (SSSR count). The molecule has 0 aliphatic heterocycles. The summed E-state index contributed by atoms with van der Waals surface area (Å²) in [4.78, 5) is 7.59. The lowest BCUT2D eigenvalue weighted by atomic mass is 9.89. The molecule has 0 spiro atoms. The molecule has 0 fully saturated rings. The average Bonchev–Trinajstić information content (AvgIpc) is 3.80. The molecule has 0 aliphatic carbocycles. The zero-order valence-electron chi connectivity index (χ0n) is 39.1. The lowest BCUT2D eigenvalue weighted by Crippen LogP contribution is -1.87. The number of hydrogen-bond donors (Lipinski definition) is 1. The molecule has 0 amide bonds. The van der Waals surface area contributed by atoms with Gasteiger partial charge in [-0.2, -0.15) is 0 Å². The Bertz CT molecular complexity index is 3800. The maximum atomic E-state index is 6.27. The Balaban J connectivity index is 0.000000196. The topological polar surface area (TPSA) is 61.7 Å². The third-order valence-electron chi connectivity index (χ3n) is 12.7. The van der Waals surface area contributed by atoms with Crippen LogP contribution in [0, 0.1) is 12.3 Å². The first-order valence-corrected chi connectivity index (χ1v) is 23.2. The molecule has 334 valence electrons. The standard InChI is InChI=1S/C43H26O.C13H15N.C8H9N.CH3N/c1-25-12-14-26(15-13-25)27-16-19-32-30-6-2-3-7-31(30)33-20-17-29(24-39(33)38(32)22-27)28-18-21-34-35-8-4-10-40-42(35)43-36(37(34)23-28)9-5-11-41(43)44-40;1-3-4-5-6-12-7-9-13(10-8-12)11-14-2;1-9-7-8-5-3-2-4-6-8;1-2/h2-24H,1H3;3-10H,2,11H2,1H3;2-6H,1,7H2;2H,1H2/b;4-3-,6-5-;;. The summed E-state index contributed by atoms with van der Waals surface area (Å²) in [6, 6.07) is 69.8. The van der Waals surface area contributed by atoms with Gasteiger partial charge in [0, 0.05) is 10.8 Å². The van der Waals surface area contributed by atoms with Crippen molar-refractivity contribution in [2.45, 2.75) is 26.9 Å². The zero-order chi connectivity index (χ0) is 47.7. The average molecular weight is 892 g/mol. The van der Waals surface area contributed by atoms with Crippen LogP contribution in [0.25, 0.3) is 104 Å². The van der Waals surface area contributed by atoms with Crippen LogP contribution in [-0.2, 0) is 13.1 Å². The lowest BCUT2D eigenvalue weighted by Gasteiger charge is -2.14. The fourth-order valence-electron chi connectivity index (χ4n) is 9.41. The highest BCUT2D eigenvalue weighted by Gasteiger charge is 2.18. The molecule has 0 unspecified atom stereocenters. The quantitative estimate of drug-likeness (QED) is 0.0922. The Hall–Kier alpha value is -8.73. The Kier molecular flexibility index (Phi) is 13.7. The first-order chi connectivity index (χ1) is 34.0. The van der Waals surface area contributed by atoms with Crippen molar-refractivity contribution in [2.75, 3.05) is 0 Å². The van der Waals surface area contributed by atoms with Crippen molar-refractivity contribution >= 4 is 102 Å². The SMILES string of the molecule is C=N.C=NCc1ccc(/C=C\C=C/C)cc1.C=NCc1ccccc1.Cc1ccc(-c2ccc3c4ccccc4c4ccc(-c5ccc6c(c5)c5cccc7oc8cccc6c8c75)cc4c3c2)cc1. The molecule has 0 saturated carbocycles. The van der Waals surface area contributed by atoms with Crippen LogP contribution >= 0.6 is 0 Å². The molecule has 4 heteroatoms. The molecule has 11 aromatic carbocycles. The summed E-state index contributed by atoms with van der Waals surface area (Å²) >= 11 is 0. The zero-order valence-corrected chi connectivity index (χ0v) is 39.1. The Morgan fingerprint density at radius 3 is 1.36 bits per heavy atom. The third kappa shape index (κ3) is 9.34. The van der Waals surface area contributed by atoms with Crippen molar-refractivity contribution < 1.29 is 4.42 Å². The lowest BCUT2D eigenvalue weighted by molar-refractivity contribution is 0.669. The third-order valence-corrected chi connectivity index (χ3v) is 12.7. The van der Waals surface area contributed by atoms with Crippen molar-refractivity contribution in [3.05, 3.63) is 235 Å². The number of hydrogen-bond acceptors (Lipinski definition) is 4. The highest BCUT2D eigenvalue weighted by Crippen LogP contribution is 2.44. The first kappa shape index (κ1) is 45.4. The number of aryl methyl sites for hydroxylation is 1. The van der Waals surface area contributed by atoms with Gasteiger partial charge in [-0.1, -0.05) is 194 Å². The van der Waals surface area contributed by atoms with Crippen LogP contribution in [-0.4, -0.2) is 20.2 Å². The van der Waals surface area contributed by atoms with Gasteiger partial charge in [0.05, 0.1) is 13.1 Å². The molecule has 4 nitrogen and oxygen atoms in total. The van der Waals surface area contributed by atoms with Crippen molar-refractivity contribution in [3.63, 3.8) is 0 Å². The second-order valence-electron chi connectivity index (χ2n) is 17.0. The van der Waals surface area contributed by atoms with E-state index in [1.54, 1.807) is 0 Å². The van der Waals surface area contributed by atoms with E-state index in [2.05, 4.69) is 207 Å². The van der Waals surface area contributed by atoms with Crippen molar-refractivity contribution in [1.82, 2.24) is 0 Å². The number of fused-ring (bicyclic) bond motifs is 9. The molecule has 0 aliphatic rings. The molecule has 0 atom stereocenters. The van der Waals surface area contributed by atoms with Crippen LogP contribution < -0.4 is 0 Å². The molecule has 12 aromatic rings. The van der Waals surface area contributed by atoms with E-state index >= 15 is 0 Å². The highest BCUT2D eigenvalue weighted by molar-refractivity contribution is 6.33. The molecule has 1 aromatic heterocycles. The summed E-state index contributed by atoms with van der Waals surface area (Å²) in [7, 11) is 0. The summed E-state index contributed by atoms with van der Waals surface area (Å²) in [5, 5.41) is 20.7. The first-order valence-electron chi connectivity index (χ1n) is 23.2. The maximum absolute atomic E-state index is 6.27. The number of allylic oxidation sites excluding steroid dienone is 3. The van der Waals surface area contributed by atoms with Crippen LogP contribution in [0.1, 0.15) is 29.2 Å². The summed E-state index contributed by atoms with van der Waals surface area (Å²) in [5.41, 5.74) is 11.7. The maximum Gasteiger partial charge on any atom is 0.136 e. The van der Waals surface area contributed by atoms with Gasteiger partial charge < -0.3 is 9.83 Å². The van der Waals surface area contributed by atoms with Gasteiger partial charge in [0.1, 0.15) is 11.2 Å². The number of rotatable bonds is 8. The fraction of sp³-hybridized carbons (Fsp3) is 0.0615. The highest BCUT2D eigenvalue weighted by atomic mass is 16.3.